The molecule has 18 heavy (non-hydrogen) atoms. The van der Waals surface area contributed by atoms with Gasteiger partial charge in [-0.1, -0.05) is 19.9 Å². The molecule has 1 atom stereocenters. The Labute approximate surface area is 109 Å². The third-order valence-corrected chi connectivity index (χ3v) is 3.43. The van der Waals surface area contributed by atoms with Gasteiger partial charge in [-0.25, -0.2) is 4.39 Å². The Bertz CT molecular complexity index is 365. The highest BCUT2D eigenvalue weighted by Gasteiger charge is 2.16. The van der Waals surface area contributed by atoms with E-state index in [1.165, 1.54) is 6.07 Å². The quantitative estimate of drug-likeness (QED) is 0.841. The highest BCUT2D eigenvalue weighted by atomic mass is 19.1. The van der Waals surface area contributed by atoms with Gasteiger partial charge in [0.2, 0.25) is 0 Å². The SMILES string of the molecule is CCN(CC)CCC(O)c1c(C)cc(C)cc1F. The second kappa shape index (κ2) is 6.86. The summed E-state index contributed by atoms with van der Waals surface area (Å²) >= 11 is 0. The average Bonchev–Trinajstić information content (AvgIpc) is 2.28. The largest absolute Gasteiger partial charge is 0.388 e. The molecule has 0 saturated heterocycles. The van der Waals surface area contributed by atoms with E-state index in [0.29, 0.717) is 12.0 Å². The summed E-state index contributed by atoms with van der Waals surface area (Å²) in [5, 5.41) is 10.1. The molecule has 0 heterocycles. The lowest BCUT2D eigenvalue weighted by molar-refractivity contribution is 0.141. The van der Waals surface area contributed by atoms with Crippen LogP contribution in [0.2, 0.25) is 0 Å². The normalized spacial score (nSPS) is 13.1. The molecule has 0 aromatic heterocycles. The van der Waals surface area contributed by atoms with E-state index in [4.69, 9.17) is 0 Å². The second-order valence-corrected chi connectivity index (χ2v) is 4.81. The van der Waals surface area contributed by atoms with Gasteiger partial charge in [0.1, 0.15) is 5.82 Å². The van der Waals surface area contributed by atoms with Crippen molar-refractivity contribution in [3.63, 3.8) is 0 Å². The van der Waals surface area contributed by atoms with Gasteiger partial charge in [-0.15, -0.1) is 0 Å². The van der Waals surface area contributed by atoms with Gasteiger partial charge >= 0.3 is 0 Å². The van der Waals surface area contributed by atoms with E-state index in [0.717, 1.165) is 30.8 Å². The molecule has 0 saturated carbocycles. The molecule has 0 fully saturated rings. The van der Waals surface area contributed by atoms with E-state index < -0.39 is 6.10 Å². The first-order valence-electron chi connectivity index (χ1n) is 6.66. The highest BCUT2D eigenvalue weighted by molar-refractivity contribution is 5.33. The zero-order chi connectivity index (χ0) is 13.7. The van der Waals surface area contributed by atoms with Crippen molar-refractivity contribution >= 4 is 0 Å². The van der Waals surface area contributed by atoms with Crippen molar-refractivity contribution in [3.05, 3.63) is 34.6 Å². The Morgan fingerprint density at radius 1 is 1.22 bits per heavy atom. The Morgan fingerprint density at radius 3 is 2.33 bits per heavy atom. The summed E-state index contributed by atoms with van der Waals surface area (Å²) in [7, 11) is 0. The predicted molar refractivity (Wildman–Crippen MR) is 73.2 cm³/mol. The van der Waals surface area contributed by atoms with Crippen LogP contribution in [-0.2, 0) is 0 Å². The van der Waals surface area contributed by atoms with Crippen LogP contribution in [0.5, 0.6) is 0 Å². The van der Waals surface area contributed by atoms with Crippen molar-refractivity contribution in [3.8, 4) is 0 Å². The summed E-state index contributed by atoms with van der Waals surface area (Å²) in [4.78, 5) is 2.23. The van der Waals surface area contributed by atoms with Crippen molar-refractivity contribution in [2.24, 2.45) is 0 Å². The molecule has 0 aliphatic heterocycles. The number of aryl methyl sites for hydroxylation is 2. The molecule has 1 rings (SSSR count). The molecule has 0 amide bonds. The molecule has 0 bridgehead atoms. The van der Waals surface area contributed by atoms with E-state index in [-0.39, 0.29) is 5.82 Å². The summed E-state index contributed by atoms with van der Waals surface area (Å²) in [6.45, 7) is 10.6. The Kier molecular flexibility index (Phi) is 5.76. The smallest absolute Gasteiger partial charge is 0.129 e. The second-order valence-electron chi connectivity index (χ2n) is 4.81. The van der Waals surface area contributed by atoms with Crippen LogP contribution in [0.1, 0.15) is 43.1 Å². The number of halogens is 1. The van der Waals surface area contributed by atoms with Crippen molar-refractivity contribution in [1.82, 2.24) is 4.90 Å². The lowest BCUT2D eigenvalue weighted by Gasteiger charge is -2.21. The number of hydrogen-bond acceptors (Lipinski definition) is 2. The van der Waals surface area contributed by atoms with Crippen molar-refractivity contribution in [2.75, 3.05) is 19.6 Å². The van der Waals surface area contributed by atoms with E-state index in [2.05, 4.69) is 18.7 Å². The Morgan fingerprint density at radius 2 is 1.83 bits per heavy atom. The van der Waals surface area contributed by atoms with Crippen molar-refractivity contribution in [1.29, 1.82) is 0 Å². The zero-order valence-corrected chi connectivity index (χ0v) is 11.8. The van der Waals surface area contributed by atoms with Gasteiger partial charge in [0.15, 0.2) is 0 Å². The van der Waals surface area contributed by atoms with Crippen LogP contribution in [0.3, 0.4) is 0 Å². The van der Waals surface area contributed by atoms with Gasteiger partial charge in [-0.3, -0.25) is 0 Å². The molecule has 3 heteroatoms. The van der Waals surface area contributed by atoms with Crippen LogP contribution in [0, 0.1) is 19.7 Å². The van der Waals surface area contributed by atoms with Gasteiger partial charge in [-0.2, -0.15) is 0 Å². The van der Waals surface area contributed by atoms with Crippen LogP contribution in [0.25, 0.3) is 0 Å². The van der Waals surface area contributed by atoms with Crippen LogP contribution in [0.4, 0.5) is 4.39 Å². The average molecular weight is 253 g/mol. The maximum atomic E-state index is 13.9. The van der Waals surface area contributed by atoms with Gasteiger partial charge in [0.25, 0.3) is 0 Å². The molecule has 102 valence electrons. The first-order valence-corrected chi connectivity index (χ1v) is 6.66. The molecular formula is C15H24FNO. The maximum Gasteiger partial charge on any atom is 0.129 e. The minimum absolute atomic E-state index is 0.292. The molecular weight excluding hydrogens is 229 g/mol. The maximum absolute atomic E-state index is 13.9. The summed E-state index contributed by atoms with van der Waals surface area (Å²) in [5.74, 6) is -0.292. The fourth-order valence-electron chi connectivity index (χ4n) is 2.34. The van der Waals surface area contributed by atoms with Crippen LogP contribution < -0.4 is 0 Å². The molecule has 0 aliphatic carbocycles. The minimum Gasteiger partial charge on any atom is -0.388 e. The summed E-state index contributed by atoms with van der Waals surface area (Å²) in [5.41, 5.74) is 2.18. The number of aliphatic hydroxyl groups is 1. The van der Waals surface area contributed by atoms with E-state index in [9.17, 15) is 9.50 Å². The number of nitrogens with zero attached hydrogens (tertiary/aromatic N) is 1. The van der Waals surface area contributed by atoms with Gasteiger partial charge in [0, 0.05) is 12.1 Å². The summed E-state index contributed by atoms with van der Waals surface area (Å²) in [6.07, 6.45) is -0.145. The number of hydrogen-bond donors (Lipinski definition) is 1. The third kappa shape index (κ3) is 3.79. The monoisotopic (exact) mass is 253 g/mol. The van der Waals surface area contributed by atoms with Crippen molar-refractivity contribution < 1.29 is 9.50 Å². The fourth-order valence-corrected chi connectivity index (χ4v) is 2.34. The van der Waals surface area contributed by atoms with Crippen LogP contribution in [0.15, 0.2) is 12.1 Å². The first-order chi connectivity index (χ1) is 8.49. The standard InChI is InChI=1S/C15H24FNO/c1-5-17(6-2)8-7-14(18)15-12(4)9-11(3)10-13(15)16/h9-10,14,18H,5-8H2,1-4H3. The fraction of sp³-hybridized carbons (Fsp3) is 0.600. The number of rotatable bonds is 6. The van der Waals surface area contributed by atoms with Gasteiger partial charge in [-0.05, 0) is 50.6 Å². The molecule has 1 unspecified atom stereocenters. The molecule has 0 aliphatic rings. The molecule has 0 radical (unpaired) electrons. The van der Waals surface area contributed by atoms with E-state index >= 15 is 0 Å². The first kappa shape index (κ1) is 15.1. The summed E-state index contributed by atoms with van der Waals surface area (Å²) < 4.78 is 13.9. The zero-order valence-electron chi connectivity index (χ0n) is 11.8. The lowest BCUT2D eigenvalue weighted by Crippen LogP contribution is -2.25. The van der Waals surface area contributed by atoms with E-state index in [1.807, 2.05) is 19.9 Å². The molecule has 1 aromatic rings. The van der Waals surface area contributed by atoms with E-state index in [1.54, 1.807) is 0 Å². The van der Waals surface area contributed by atoms with Crippen LogP contribution >= 0.6 is 0 Å². The molecule has 1 N–H and O–H groups in total. The topological polar surface area (TPSA) is 23.5 Å². The predicted octanol–water partition coefficient (Wildman–Crippen LogP) is 3.21. The lowest BCUT2D eigenvalue weighted by atomic mass is 9.98. The summed E-state index contributed by atoms with van der Waals surface area (Å²) in [6, 6.07) is 3.40. The number of benzene rings is 1. The Hall–Kier alpha value is -0.930. The van der Waals surface area contributed by atoms with Gasteiger partial charge in [0.05, 0.1) is 6.10 Å². The highest BCUT2D eigenvalue weighted by Crippen LogP contribution is 2.25. The van der Waals surface area contributed by atoms with Crippen LogP contribution in [-0.4, -0.2) is 29.6 Å². The third-order valence-electron chi connectivity index (χ3n) is 3.43. The Balaban J connectivity index is 2.75. The minimum atomic E-state index is -0.716. The molecule has 0 spiro atoms. The number of aliphatic hydroxyl groups excluding tert-OH is 1. The molecule has 2 nitrogen and oxygen atoms in total. The van der Waals surface area contributed by atoms with Crippen molar-refractivity contribution in [2.45, 2.75) is 40.2 Å². The van der Waals surface area contributed by atoms with Gasteiger partial charge < -0.3 is 10.0 Å². The molecule has 1 aromatic carbocycles.